The van der Waals surface area contributed by atoms with Crippen LogP contribution in [0.1, 0.15) is 17.2 Å². The highest BCUT2D eigenvalue weighted by Crippen LogP contribution is 2.23. The predicted molar refractivity (Wildman–Crippen MR) is 101 cm³/mol. The van der Waals surface area contributed by atoms with E-state index in [0.717, 1.165) is 30.0 Å². The highest BCUT2D eigenvalue weighted by molar-refractivity contribution is 5.39. The van der Waals surface area contributed by atoms with Gasteiger partial charge in [-0.25, -0.2) is 0 Å². The fourth-order valence-corrected chi connectivity index (χ4v) is 2.46. The molecule has 0 amide bonds. The summed E-state index contributed by atoms with van der Waals surface area (Å²) < 4.78 is 5.25. The maximum Gasteiger partial charge on any atom is 0.118 e. The van der Waals surface area contributed by atoms with Gasteiger partial charge in [0.25, 0.3) is 0 Å². The van der Waals surface area contributed by atoms with Crippen molar-refractivity contribution in [3.8, 4) is 17.6 Å². The summed E-state index contributed by atoms with van der Waals surface area (Å²) in [6.07, 6.45) is 3.79. The summed E-state index contributed by atoms with van der Waals surface area (Å²) >= 11 is 0. The van der Waals surface area contributed by atoms with Crippen molar-refractivity contribution in [1.29, 1.82) is 0 Å². The Morgan fingerprint density at radius 2 is 1.62 bits per heavy atom. The number of benzene rings is 2. The van der Waals surface area contributed by atoms with Gasteiger partial charge in [-0.3, -0.25) is 4.90 Å². The van der Waals surface area contributed by atoms with Crippen LogP contribution in [-0.4, -0.2) is 25.1 Å². The molecule has 0 heterocycles. The molecule has 1 atom stereocenters. The summed E-state index contributed by atoms with van der Waals surface area (Å²) in [6, 6.07) is 18.0. The second kappa shape index (κ2) is 9.39. The Bertz CT molecular complexity index is 697. The van der Waals surface area contributed by atoms with E-state index in [1.54, 1.807) is 7.11 Å². The van der Waals surface area contributed by atoms with Crippen molar-refractivity contribution in [1.82, 2.24) is 4.90 Å². The molecular weight excluding hydrogens is 294 g/mol. The van der Waals surface area contributed by atoms with Crippen molar-refractivity contribution >= 4 is 0 Å². The van der Waals surface area contributed by atoms with Crippen molar-refractivity contribution in [3.63, 3.8) is 0 Å². The first-order valence-electron chi connectivity index (χ1n) is 7.95. The van der Waals surface area contributed by atoms with E-state index in [1.807, 2.05) is 54.6 Å². The predicted octanol–water partition coefficient (Wildman–Crippen LogP) is 4.46. The molecular formula is C22H23NO. The number of hydrogen-bond acceptors (Lipinski definition) is 2. The molecule has 2 aromatic rings. The van der Waals surface area contributed by atoms with Crippen LogP contribution in [0.25, 0.3) is 0 Å². The highest BCUT2D eigenvalue weighted by atomic mass is 16.5. The van der Waals surface area contributed by atoms with E-state index in [4.69, 9.17) is 4.74 Å². The van der Waals surface area contributed by atoms with Gasteiger partial charge in [0.2, 0.25) is 0 Å². The van der Waals surface area contributed by atoms with Gasteiger partial charge in [0.1, 0.15) is 5.75 Å². The maximum atomic E-state index is 5.25. The van der Waals surface area contributed by atoms with Crippen LogP contribution in [-0.2, 0) is 0 Å². The topological polar surface area (TPSA) is 12.5 Å². The number of nitrogens with zero attached hydrogens (tertiary/aromatic N) is 1. The minimum atomic E-state index is -0.0351. The highest BCUT2D eigenvalue weighted by Gasteiger charge is 2.16. The Kier molecular flexibility index (Phi) is 6.89. The van der Waals surface area contributed by atoms with Crippen molar-refractivity contribution in [2.45, 2.75) is 6.04 Å². The quantitative estimate of drug-likeness (QED) is 0.552. The van der Waals surface area contributed by atoms with Crippen LogP contribution in [0, 0.1) is 11.8 Å². The Morgan fingerprint density at radius 3 is 2.17 bits per heavy atom. The fourth-order valence-electron chi connectivity index (χ4n) is 2.46. The van der Waals surface area contributed by atoms with E-state index in [0.29, 0.717) is 0 Å². The van der Waals surface area contributed by atoms with E-state index < -0.39 is 0 Å². The first-order chi connectivity index (χ1) is 11.8. The lowest BCUT2D eigenvalue weighted by Crippen LogP contribution is -2.28. The normalized spacial score (nSPS) is 11.2. The molecule has 122 valence electrons. The fraction of sp³-hybridized carbons (Fsp3) is 0.182. The molecule has 0 aliphatic carbocycles. The Labute approximate surface area is 145 Å². The summed E-state index contributed by atoms with van der Waals surface area (Å²) in [6.45, 7) is 9.21. The average Bonchev–Trinajstić information content (AvgIpc) is 2.63. The van der Waals surface area contributed by atoms with E-state index in [-0.39, 0.29) is 6.04 Å². The van der Waals surface area contributed by atoms with Crippen molar-refractivity contribution < 1.29 is 4.74 Å². The van der Waals surface area contributed by atoms with Crippen LogP contribution in [0.2, 0.25) is 0 Å². The molecule has 0 radical (unpaired) electrons. The molecule has 0 aromatic heterocycles. The molecule has 0 bridgehead atoms. The minimum Gasteiger partial charge on any atom is -0.497 e. The molecule has 2 heteroatoms. The summed E-state index contributed by atoms with van der Waals surface area (Å²) in [5.74, 6) is 7.52. The van der Waals surface area contributed by atoms with E-state index in [9.17, 15) is 0 Å². The number of hydrogen-bond donors (Lipinski definition) is 0. The molecule has 0 spiro atoms. The van der Waals surface area contributed by atoms with Crippen molar-refractivity contribution in [2.75, 3.05) is 20.2 Å². The molecule has 2 aromatic carbocycles. The Balaban J connectivity index is 2.37. The smallest absolute Gasteiger partial charge is 0.118 e. The van der Waals surface area contributed by atoms with Gasteiger partial charge in [-0.05, 0) is 29.8 Å². The second-order valence-corrected chi connectivity index (χ2v) is 5.34. The van der Waals surface area contributed by atoms with E-state index in [2.05, 4.69) is 42.0 Å². The number of ether oxygens (including phenoxy) is 1. The minimum absolute atomic E-state index is 0.0351. The van der Waals surface area contributed by atoms with Gasteiger partial charge >= 0.3 is 0 Å². The van der Waals surface area contributed by atoms with Gasteiger partial charge < -0.3 is 4.74 Å². The zero-order valence-corrected chi connectivity index (χ0v) is 14.1. The third kappa shape index (κ3) is 4.87. The standard InChI is InChI=1S/C22H23NO/c1-4-17-23(18-5-2)22(16-11-19-9-7-6-8-10-19)20-12-14-21(24-3)15-13-20/h4-10,12-15,22H,1-2,17-18H2,3H3/t22-/m1/s1. The van der Waals surface area contributed by atoms with Crippen LogP contribution in [0.4, 0.5) is 0 Å². The molecule has 2 nitrogen and oxygen atoms in total. The zero-order valence-electron chi connectivity index (χ0n) is 14.1. The van der Waals surface area contributed by atoms with Crippen LogP contribution in [0.5, 0.6) is 5.75 Å². The van der Waals surface area contributed by atoms with Crippen LogP contribution < -0.4 is 4.74 Å². The monoisotopic (exact) mass is 317 g/mol. The van der Waals surface area contributed by atoms with E-state index >= 15 is 0 Å². The van der Waals surface area contributed by atoms with Crippen LogP contribution in [0.3, 0.4) is 0 Å². The lowest BCUT2D eigenvalue weighted by Gasteiger charge is -2.26. The zero-order chi connectivity index (χ0) is 17.2. The molecule has 24 heavy (non-hydrogen) atoms. The third-order valence-electron chi connectivity index (χ3n) is 3.65. The summed E-state index contributed by atoms with van der Waals surface area (Å²) in [7, 11) is 1.67. The number of rotatable bonds is 7. The number of methoxy groups -OCH3 is 1. The SMILES string of the molecule is C=CCN(CC=C)[C@H](C#Cc1ccccc1)c1ccc(OC)cc1. The molecule has 0 aliphatic heterocycles. The summed E-state index contributed by atoms with van der Waals surface area (Å²) in [4.78, 5) is 2.23. The second-order valence-electron chi connectivity index (χ2n) is 5.34. The van der Waals surface area contributed by atoms with Gasteiger partial charge in [0, 0.05) is 18.7 Å². The molecule has 0 saturated heterocycles. The van der Waals surface area contributed by atoms with Gasteiger partial charge in [-0.2, -0.15) is 0 Å². The first-order valence-corrected chi connectivity index (χ1v) is 7.95. The van der Waals surface area contributed by atoms with Crippen LogP contribution in [0.15, 0.2) is 79.9 Å². The first kappa shape index (κ1) is 17.6. The molecule has 0 unspecified atom stereocenters. The van der Waals surface area contributed by atoms with E-state index in [1.165, 1.54) is 0 Å². The van der Waals surface area contributed by atoms with Crippen LogP contribution >= 0.6 is 0 Å². The van der Waals surface area contributed by atoms with Gasteiger partial charge in [0.05, 0.1) is 13.2 Å². The average molecular weight is 317 g/mol. The summed E-state index contributed by atoms with van der Waals surface area (Å²) in [5.41, 5.74) is 2.14. The van der Waals surface area contributed by atoms with Crippen molar-refractivity contribution in [3.05, 3.63) is 91.0 Å². The lowest BCUT2D eigenvalue weighted by atomic mass is 10.0. The molecule has 0 N–H and O–H groups in total. The van der Waals surface area contributed by atoms with Gasteiger partial charge in [-0.1, -0.05) is 54.3 Å². The molecule has 0 fully saturated rings. The van der Waals surface area contributed by atoms with Crippen molar-refractivity contribution in [2.24, 2.45) is 0 Å². The Morgan fingerprint density at radius 1 is 1.00 bits per heavy atom. The maximum absolute atomic E-state index is 5.25. The molecule has 2 rings (SSSR count). The molecule has 0 saturated carbocycles. The van der Waals surface area contributed by atoms with Gasteiger partial charge in [-0.15, -0.1) is 13.2 Å². The largest absolute Gasteiger partial charge is 0.497 e. The molecule has 0 aliphatic rings. The summed E-state index contributed by atoms with van der Waals surface area (Å²) in [5, 5.41) is 0. The van der Waals surface area contributed by atoms with Gasteiger partial charge in [0.15, 0.2) is 0 Å². The Hall–Kier alpha value is -2.76. The third-order valence-corrected chi connectivity index (χ3v) is 3.65. The lowest BCUT2D eigenvalue weighted by molar-refractivity contribution is 0.293.